The fraction of sp³-hybridized carbons (Fsp3) is 1.00. The van der Waals surface area contributed by atoms with Gasteiger partial charge in [0.15, 0.2) is 0 Å². The predicted octanol–water partition coefficient (Wildman–Crippen LogP) is 0.146. The molecule has 54 valence electrons. The van der Waals surface area contributed by atoms with Gasteiger partial charge >= 0.3 is 0 Å². The van der Waals surface area contributed by atoms with E-state index in [9.17, 15) is 0 Å². The molecule has 4 N–H and O–H groups in total. The molecule has 1 fully saturated rings. The monoisotopic (exact) mass is 129 g/mol. The van der Waals surface area contributed by atoms with Crippen molar-refractivity contribution in [2.24, 2.45) is 5.84 Å². The Hall–Kier alpha value is -0.0800. The van der Waals surface area contributed by atoms with E-state index in [-0.39, 0.29) is 0 Å². The maximum Gasteiger partial charge on any atom is 0.110 e. The molecule has 1 rings (SSSR count). The molecule has 0 atom stereocenters. The molecule has 0 radical (unpaired) electrons. The van der Waals surface area contributed by atoms with Gasteiger partial charge in [-0.3, -0.25) is 5.43 Å². The zero-order valence-corrected chi connectivity index (χ0v) is 6.19. The van der Waals surface area contributed by atoms with Crippen LogP contribution in [0.3, 0.4) is 0 Å². The van der Waals surface area contributed by atoms with Gasteiger partial charge in [0.2, 0.25) is 0 Å². The minimum absolute atomic E-state index is 0.373. The Kier molecular flexibility index (Phi) is 2.09. The van der Waals surface area contributed by atoms with Gasteiger partial charge in [-0.05, 0) is 19.8 Å². The molecule has 1 aliphatic carbocycles. The van der Waals surface area contributed by atoms with Crippen molar-refractivity contribution in [1.82, 2.24) is 0 Å². The smallest absolute Gasteiger partial charge is 0.110 e. The van der Waals surface area contributed by atoms with Crippen LogP contribution in [0.2, 0.25) is 0 Å². The molecule has 1 saturated carbocycles. The van der Waals surface area contributed by atoms with Gasteiger partial charge in [0.25, 0.3) is 0 Å². The van der Waals surface area contributed by atoms with Crippen LogP contribution in [0.25, 0.3) is 0 Å². The van der Waals surface area contributed by atoms with E-state index in [2.05, 4.69) is 6.92 Å². The summed E-state index contributed by atoms with van der Waals surface area (Å²) in [6.45, 7) is 2.26. The summed E-state index contributed by atoms with van der Waals surface area (Å²) in [6.07, 6.45) is 6.73. The number of hydrogen-bond acceptors (Lipinski definition) is 1. The Morgan fingerprint density at radius 2 is 1.78 bits per heavy atom. The van der Waals surface area contributed by atoms with Crippen LogP contribution in [0.4, 0.5) is 0 Å². The molecule has 0 aliphatic heterocycles. The summed E-state index contributed by atoms with van der Waals surface area (Å²) in [6, 6.07) is 0. The van der Waals surface area contributed by atoms with Crippen molar-refractivity contribution >= 4 is 0 Å². The van der Waals surface area contributed by atoms with Crippen molar-refractivity contribution in [1.29, 1.82) is 0 Å². The maximum atomic E-state index is 5.51. The summed E-state index contributed by atoms with van der Waals surface area (Å²) in [4.78, 5) is 0. The average Bonchev–Trinajstić information content (AvgIpc) is 1.90. The van der Waals surface area contributed by atoms with Crippen molar-refractivity contribution in [3.8, 4) is 0 Å². The fourth-order valence-electron chi connectivity index (χ4n) is 1.53. The molecular formula is C7H17N2+. The summed E-state index contributed by atoms with van der Waals surface area (Å²) in [5.74, 6) is 5.51. The second-order valence-corrected chi connectivity index (χ2v) is 3.38. The van der Waals surface area contributed by atoms with Crippen molar-refractivity contribution in [3.05, 3.63) is 0 Å². The van der Waals surface area contributed by atoms with Gasteiger partial charge in [-0.2, -0.15) is 5.84 Å². The van der Waals surface area contributed by atoms with Crippen molar-refractivity contribution < 1.29 is 5.43 Å². The van der Waals surface area contributed by atoms with E-state index in [1.807, 2.05) is 5.43 Å². The predicted molar refractivity (Wildman–Crippen MR) is 37.6 cm³/mol. The SMILES string of the molecule is CC1([NH2+]N)CCCCC1. The Balaban J connectivity index is 2.37. The molecule has 0 bridgehead atoms. The van der Waals surface area contributed by atoms with Crippen molar-refractivity contribution in [2.75, 3.05) is 0 Å². The van der Waals surface area contributed by atoms with Gasteiger partial charge < -0.3 is 0 Å². The lowest BCUT2D eigenvalue weighted by molar-refractivity contribution is -0.739. The third-order valence-corrected chi connectivity index (χ3v) is 2.40. The quantitative estimate of drug-likeness (QED) is 0.384. The lowest BCUT2D eigenvalue weighted by Gasteiger charge is -2.28. The summed E-state index contributed by atoms with van der Waals surface area (Å²) in [5.41, 5.74) is 2.25. The number of quaternary nitrogens is 1. The number of nitrogens with two attached hydrogens (primary N) is 2. The highest BCUT2D eigenvalue weighted by Crippen LogP contribution is 2.23. The van der Waals surface area contributed by atoms with Gasteiger partial charge in [0, 0.05) is 12.8 Å². The van der Waals surface area contributed by atoms with Gasteiger partial charge in [-0.1, -0.05) is 6.42 Å². The molecule has 0 saturated heterocycles. The maximum absolute atomic E-state index is 5.51. The standard InChI is InChI=1S/C7H16N2/c1-7(9-8)5-3-2-4-6-7/h9H,2-6,8H2,1H3/p+1. The zero-order chi connectivity index (χ0) is 6.74. The highest BCUT2D eigenvalue weighted by molar-refractivity contribution is 4.75. The summed E-state index contributed by atoms with van der Waals surface area (Å²) in [5, 5.41) is 0. The van der Waals surface area contributed by atoms with E-state index >= 15 is 0 Å². The van der Waals surface area contributed by atoms with E-state index in [0.29, 0.717) is 5.54 Å². The molecule has 0 spiro atoms. The molecule has 0 unspecified atom stereocenters. The van der Waals surface area contributed by atoms with E-state index in [1.165, 1.54) is 32.1 Å². The summed E-state index contributed by atoms with van der Waals surface area (Å²) >= 11 is 0. The fourth-order valence-corrected chi connectivity index (χ4v) is 1.53. The topological polar surface area (TPSA) is 42.6 Å². The molecular weight excluding hydrogens is 112 g/mol. The third kappa shape index (κ3) is 1.66. The molecule has 2 nitrogen and oxygen atoms in total. The Labute approximate surface area is 56.8 Å². The molecule has 0 heterocycles. The number of hydrogen-bond donors (Lipinski definition) is 2. The lowest BCUT2D eigenvalue weighted by Crippen LogP contribution is -3.01. The Bertz CT molecular complexity index is 84.9. The van der Waals surface area contributed by atoms with Crippen molar-refractivity contribution in [3.63, 3.8) is 0 Å². The molecule has 1 aliphatic rings. The van der Waals surface area contributed by atoms with Crippen LogP contribution < -0.4 is 11.3 Å². The van der Waals surface area contributed by atoms with Crippen LogP contribution in [-0.2, 0) is 0 Å². The molecule has 9 heavy (non-hydrogen) atoms. The Morgan fingerprint density at radius 1 is 1.22 bits per heavy atom. The van der Waals surface area contributed by atoms with E-state index in [1.54, 1.807) is 0 Å². The Morgan fingerprint density at radius 3 is 2.11 bits per heavy atom. The van der Waals surface area contributed by atoms with Gasteiger partial charge in [0.1, 0.15) is 5.54 Å². The second-order valence-electron chi connectivity index (χ2n) is 3.38. The first kappa shape index (κ1) is 7.03. The first-order valence-corrected chi connectivity index (χ1v) is 3.83. The molecule has 0 aromatic carbocycles. The zero-order valence-electron chi connectivity index (χ0n) is 6.19. The normalized spacial score (nSPS) is 26.0. The number of rotatable bonds is 1. The molecule has 0 aromatic rings. The molecule has 2 heteroatoms. The van der Waals surface area contributed by atoms with Gasteiger partial charge in [0.05, 0.1) is 0 Å². The van der Waals surface area contributed by atoms with E-state index in [0.717, 1.165) is 0 Å². The van der Waals surface area contributed by atoms with Gasteiger partial charge in [-0.15, -0.1) is 0 Å². The summed E-state index contributed by atoms with van der Waals surface area (Å²) in [7, 11) is 0. The largest absolute Gasteiger partial charge is 0.267 e. The van der Waals surface area contributed by atoms with Crippen LogP contribution >= 0.6 is 0 Å². The minimum Gasteiger partial charge on any atom is -0.267 e. The first-order chi connectivity index (χ1) is 4.27. The van der Waals surface area contributed by atoms with E-state index < -0.39 is 0 Å². The minimum atomic E-state index is 0.373. The van der Waals surface area contributed by atoms with Crippen LogP contribution in [0.1, 0.15) is 39.0 Å². The molecule has 0 amide bonds. The van der Waals surface area contributed by atoms with Crippen LogP contribution in [0, 0.1) is 0 Å². The van der Waals surface area contributed by atoms with Crippen LogP contribution in [-0.4, -0.2) is 5.54 Å². The van der Waals surface area contributed by atoms with Crippen LogP contribution in [0.5, 0.6) is 0 Å². The first-order valence-electron chi connectivity index (χ1n) is 3.83. The van der Waals surface area contributed by atoms with Crippen molar-refractivity contribution in [2.45, 2.75) is 44.6 Å². The highest BCUT2D eigenvalue weighted by atomic mass is 15.3. The molecule has 0 aromatic heterocycles. The van der Waals surface area contributed by atoms with E-state index in [4.69, 9.17) is 5.84 Å². The second kappa shape index (κ2) is 2.67. The van der Waals surface area contributed by atoms with Crippen LogP contribution in [0.15, 0.2) is 0 Å². The highest BCUT2D eigenvalue weighted by Gasteiger charge is 2.28. The van der Waals surface area contributed by atoms with Gasteiger partial charge in [-0.25, -0.2) is 0 Å². The third-order valence-electron chi connectivity index (χ3n) is 2.40. The lowest BCUT2D eigenvalue weighted by atomic mass is 9.84. The average molecular weight is 129 g/mol. The summed E-state index contributed by atoms with van der Waals surface area (Å²) < 4.78 is 0.